The normalized spacial score (nSPS) is 9.47. The van der Waals surface area contributed by atoms with Crippen molar-refractivity contribution in [3.05, 3.63) is 70.6 Å². The molecule has 0 aromatic heterocycles. The monoisotopic (exact) mass is 252 g/mol. The molecule has 0 heterocycles. The van der Waals surface area contributed by atoms with E-state index in [4.69, 9.17) is 5.53 Å². The van der Waals surface area contributed by atoms with Crippen molar-refractivity contribution >= 4 is 17.3 Å². The van der Waals surface area contributed by atoms with Crippen LogP contribution in [0.1, 0.15) is 5.56 Å². The average Bonchev–Trinajstić information content (AvgIpc) is 2.40. The van der Waals surface area contributed by atoms with E-state index >= 15 is 0 Å². The van der Waals surface area contributed by atoms with Crippen LogP contribution < -0.4 is 5.32 Å². The van der Waals surface area contributed by atoms with Crippen LogP contribution >= 0.6 is 0 Å². The fraction of sp³-hybridized carbons (Fsp3) is 0.0714. The van der Waals surface area contributed by atoms with Gasteiger partial charge in [0.25, 0.3) is 0 Å². The minimum absolute atomic E-state index is 0.107. The predicted molar refractivity (Wildman–Crippen MR) is 74.0 cm³/mol. The van der Waals surface area contributed by atoms with Crippen LogP contribution in [0.2, 0.25) is 0 Å². The first-order valence-electron chi connectivity index (χ1n) is 5.77. The summed E-state index contributed by atoms with van der Waals surface area (Å²) in [5.74, 6) is -0.107. The molecule has 0 radical (unpaired) electrons. The van der Waals surface area contributed by atoms with Gasteiger partial charge in [-0.3, -0.25) is 4.79 Å². The van der Waals surface area contributed by atoms with Gasteiger partial charge in [-0.25, -0.2) is 0 Å². The molecule has 1 N–H and O–H groups in total. The lowest BCUT2D eigenvalue weighted by Gasteiger charge is -2.05. The minimum atomic E-state index is -0.107. The molecule has 1 amide bonds. The van der Waals surface area contributed by atoms with E-state index in [1.54, 1.807) is 24.3 Å². The highest BCUT2D eigenvalue weighted by Crippen LogP contribution is 2.18. The maximum atomic E-state index is 11.8. The van der Waals surface area contributed by atoms with Crippen LogP contribution in [0, 0.1) is 0 Å². The van der Waals surface area contributed by atoms with Crippen LogP contribution in [0.25, 0.3) is 10.4 Å². The summed E-state index contributed by atoms with van der Waals surface area (Å²) >= 11 is 0. The lowest BCUT2D eigenvalue weighted by Crippen LogP contribution is -2.14. The van der Waals surface area contributed by atoms with Gasteiger partial charge in [0.1, 0.15) is 0 Å². The van der Waals surface area contributed by atoms with Crippen molar-refractivity contribution in [2.45, 2.75) is 6.42 Å². The van der Waals surface area contributed by atoms with Gasteiger partial charge in [0.05, 0.1) is 6.42 Å². The fourth-order valence-corrected chi connectivity index (χ4v) is 1.68. The number of nitrogens with zero attached hydrogens (tertiary/aromatic N) is 3. The molecule has 2 rings (SSSR count). The predicted octanol–water partition coefficient (Wildman–Crippen LogP) is 3.81. The molecule has 0 fully saturated rings. The van der Waals surface area contributed by atoms with Crippen molar-refractivity contribution in [2.24, 2.45) is 5.11 Å². The van der Waals surface area contributed by atoms with Gasteiger partial charge in [0, 0.05) is 16.3 Å². The Morgan fingerprint density at radius 2 is 1.95 bits per heavy atom. The molecule has 0 aliphatic rings. The zero-order valence-corrected chi connectivity index (χ0v) is 10.2. The van der Waals surface area contributed by atoms with Crippen LogP contribution in [0.4, 0.5) is 11.4 Å². The summed E-state index contributed by atoms with van der Waals surface area (Å²) in [6, 6.07) is 16.3. The molecule has 5 heteroatoms. The highest BCUT2D eigenvalue weighted by molar-refractivity contribution is 5.92. The van der Waals surface area contributed by atoms with Crippen LogP contribution in [0.3, 0.4) is 0 Å². The molecule has 94 valence electrons. The van der Waals surface area contributed by atoms with Crippen molar-refractivity contribution in [3.8, 4) is 0 Å². The van der Waals surface area contributed by atoms with Crippen LogP contribution in [0.5, 0.6) is 0 Å². The van der Waals surface area contributed by atoms with Crippen molar-refractivity contribution in [1.82, 2.24) is 0 Å². The quantitative estimate of drug-likeness (QED) is 0.501. The summed E-state index contributed by atoms with van der Waals surface area (Å²) < 4.78 is 0. The number of carbonyl (C=O) groups excluding carboxylic acids is 1. The highest BCUT2D eigenvalue weighted by atomic mass is 16.1. The number of hydrogen-bond acceptors (Lipinski definition) is 2. The number of amides is 1. The molecule has 0 aliphatic heterocycles. The molecule has 0 aliphatic carbocycles. The summed E-state index contributed by atoms with van der Waals surface area (Å²) in [6.07, 6.45) is 0.312. The van der Waals surface area contributed by atoms with Gasteiger partial charge < -0.3 is 5.32 Å². The fourth-order valence-electron chi connectivity index (χ4n) is 1.68. The second kappa shape index (κ2) is 6.23. The first-order chi connectivity index (χ1) is 9.28. The van der Waals surface area contributed by atoms with E-state index < -0.39 is 0 Å². The van der Waals surface area contributed by atoms with Gasteiger partial charge in [-0.15, -0.1) is 0 Å². The number of rotatable bonds is 4. The van der Waals surface area contributed by atoms with Crippen molar-refractivity contribution < 1.29 is 4.79 Å². The molecule has 0 atom stereocenters. The summed E-state index contributed by atoms with van der Waals surface area (Å²) in [6.45, 7) is 0. The number of azide groups is 1. The van der Waals surface area contributed by atoms with Crippen LogP contribution in [-0.4, -0.2) is 5.91 Å². The SMILES string of the molecule is [N-]=[N+]=Nc1cccc(NC(=O)Cc2ccccc2)c1. The number of benzene rings is 2. The number of anilines is 1. The summed E-state index contributed by atoms with van der Waals surface area (Å²) in [5.41, 5.74) is 10.4. The Hall–Kier alpha value is -2.78. The van der Waals surface area contributed by atoms with Gasteiger partial charge in [0.15, 0.2) is 0 Å². The molecule has 0 saturated heterocycles. The first kappa shape index (κ1) is 12.7. The Morgan fingerprint density at radius 3 is 2.68 bits per heavy atom. The third-order valence-electron chi connectivity index (χ3n) is 2.50. The Kier molecular flexibility index (Phi) is 4.16. The molecule has 0 unspecified atom stereocenters. The van der Waals surface area contributed by atoms with E-state index in [1.165, 1.54) is 0 Å². The summed E-state index contributed by atoms with van der Waals surface area (Å²) in [5, 5.41) is 6.25. The van der Waals surface area contributed by atoms with Gasteiger partial charge in [0.2, 0.25) is 5.91 Å². The molecule has 2 aromatic carbocycles. The van der Waals surface area contributed by atoms with Crippen LogP contribution in [0.15, 0.2) is 59.7 Å². The zero-order valence-electron chi connectivity index (χ0n) is 10.2. The average molecular weight is 252 g/mol. The summed E-state index contributed by atoms with van der Waals surface area (Å²) in [4.78, 5) is 14.5. The van der Waals surface area contributed by atoms with Crippen molar-refractivity contribution in [2.75, 3.05) is 5.32 Å². The van der Waals surface area contributed by atoms with E-state index in [2.05, 4.69) is 15.3 Å². The molecule has 5 nitrogen and oxygen atoms in total. The van der Waals surface area contributed by atoms with E-state index in [1.807, 2.05) is 30.3 Å². The smallest absolute Gasteiger partial charge is 0.228 e. The maximum Gasteiger partial charge on any atom is 0.228 e. The molecule has 0 spiro atoms. The van der Waals surface area contributed by atoms with Gasteiger partial charge in [-0.05, 0) is 23.2 Å². The van der Waals surface area contributed by atoms with Crippen molar-refractivity contribution in [3.63, 3.8) is 0 Å². The minimum Gasteiger partial charge on any atom is -0.326 e. The largest absolute Gasteiger partial charge is 0.326 e. The van der Waals surface area contributed by atoms with Gasteiger partial charge in [-0.2, -0.15) is 0 Å². The Balaban J connectivity index is 2.03. The zero-order chi connectivity index (χ0) is 13.5. The molecular weight excluding hydrogens is 240 g/mol. The highest BCUT2D eigenvalue weighted by Gasteiger charge is 2.03. The second-order valence-corrected chi connectivity index (χ2v) is 3.95. The molecule has 2 aromatic rings. The third-order valence-corrected chi connectivity index (χ3v) is 2.50. The molecule has 0 bridgehead atoms. The standard InChI is InChI=1S/C14H12N4O/c15-18-17-13-8-4-7-12(10-13)16-14(19)9-11-5-2-1-3-6-11/h1-8,10H,9H2,(H,16,19). The van der Waals surface area contributed by atoms with Crippen LogP contribution in [-0.2, 0) is 11.2 Å². The lowest BCUT2D eigenvalue weighted by molar-refractivity contribution is -0.115. The van der Waals surface area contributed by atoms with Gasteiger partial charge >= 0.3 is 0 Å². The van der Waals surface area contributed by atoms with Crippen molar-refractivity contribution in [1.29, 1.82) is 0 Å². The molecule has 19 heavy (non-hydrogen) atoms. The Bertz CT molecular complexity index is 618. The van der Waals surface area contributed by atoms with E-state index in [9.17, 15) is 4.79 Å². The molecule has 0 saturated carbocycles. The summed E-state index contributed by atoms with van der Waals surface area (Å²) in [7, 11) is 0. The van der Waals surface area contributed by atoms with E-state index in [0.29, 0.717) is 17.8 Å². The number of hydrogen-bond donors (Lipinski definition) is 1. The van der Waals surface area contributed by atoms with E-state index in [-0.39, 0.29) is 5.91 Å². The first-order valence-corrected chi connectivity index (χ1v) is 5.77. The number of nitrogens with one attached hydrogen (secondary N) is 1. The molecular formula is C14H12N4O. The Labute approximate surface area is 110 Å². The maximum absolute atomic E-state index is 11.8. The topological polar surface area (TPSA) is 77.9 Å². The number of carbonyl (C=O) groups is 1. The third kappa shape index (κ3) is 3.87. The van der Waals surface area contributed by atoms with Gasteiger partial charge in [-0.1, -0.05) is 47.6 Å². The Morgan fingerprint density at radius 1 is 1.16 bits per heavy atom. The van der Waals surface area contributed by atoms with E-state index in [0.717, 1.165) is 5.56 Å². The second-order valence-electron chi connectivity index (χ2n) is 3.95. The lowest BCUT2D eigenvalue weighted by atomic mass is 10.1.